The van der Waals surface area contributed by atoms with Crippen molar-refractivity contribution in [3.8, 4) is 11.8 Å². The molecule has 88 valence electrons. The average Bonchev–Trinajstić information content (AvgIpc) is 2.34. The number of halogens is 2. The summed E-state index contributed by atoms with van der Waals surface area (Å²) in [6.07, 6.45) is 3.21. The van der Waals surface area contributed by atoms with Gasteiger partial charge in [0.1, 0.15) is 5.75 Å². The molecular weight excluding hydrogens is 261 g/mol. The van der Waals surface area contributed by atoms with E-state index in [0.29, 0.717) is 22.3 Å². The Morgan fingerprint density at radius 3 is 2.47 bits per heavy atom. The zero-order valence-electron chi connectivity index (χ0n) is 8.73. The van der Waals surface area contributed by atoms with Crippen LogP contribution < -0.4 is 10.5 Å². The maximum atomic E-state index is 5.95. The molecule has 1 heterocycles. The third kappa shape index (κ3) is 3.06. The molecule has 0 fully saturated rings. The topological polar surface area (TPSA) is 61.0 Å². The first kappa shape index (κ1) is 12.1. The number of nitrogens with two attached hydrogens (primary N) is 1. The smallest absolute Gasteiger partial charge is 0.321 e. The zero-order valence-corrected chi connectivity index (χ0v) is 10.2. The predicted molar refractivity (Wildman–Crippen MR) is 66.5 cm³/mol. The third-order valence-electron chi connectivity index (χ3n) is 2.01. The molecular formula is C11H9Cl2N3O. The maximum Gasteiger partial charge on any atom is 0.321 e. The number of nitrogens with zero attached hydrogens (tertiary/aromatic N) is 2. The average molecular weight is 270 g/mol. The highest BCUT2D eigenvalue weighted by atomic mass is 35.5. The Balaban J connectivity index is 2.19. The fourth-order valence-electron chi connectivity index (χ4n) is 1.16. The molecule has 6 heteroatoms. The van der Waals surface area contributed by atoms with Crippen molar-refractivity contribution in [1.82, 2.24) is 9.97 Å². The van der Waals surface area contributed by atoms with E-state index in [-0.39, 0.29) is 6.01 Å². The Morgan fingerprint density at radius 2 is 1.88 bits per heavy atom. The van der Waals surface area contributed by atoms with Crippen molar-refractivity contribution < 1.29 is 4.74 Å². The van der Waals surface area contributed by atoms with Gasteiger partial charge >= 0.3 is 6.01 Å². The van der Waals surface area contributed by atoms with Crippen molar-refractivity contribution in [2.24, 2.45) is 5.73 Å². The van der Waals surface area contributed by atoms with Crippen molar-refractivity contribution in [2.75, 3.05) is 0 Å². The standard InChI is InChI=1S/C11H9Cl2N3O/c12-8-1-2-10(9(13)3-8)17-11-15-5-7(4-14)6-16-11/h1-3,5-6H,4,14H2. The monoisotopic (exact) mass is 269 g/mol. The minimum absolute atomic E-state index is 0.214. The van der Waals surface area contributed by atoms with E-state index in [1.54, 1.807) is 30.6 Å². The fraction of sp³-hybridized carbons (Fsp3) is 0.0909. The molecule has 0 aliphatic carbocycles. The number of hydrogen-bond donors (Lipinski definition) is 1. The molecule has 0 saturated heterocycles. The van der Waals surface area contributed by atoms with E-state index in [0.717, 1.165) is 5.56 Å². The van der Waals surface area contributed by atoms with Gasteiger partial charge in [-0.15, -0.1) is 0 Å². The molecule has 1 aromatic carbocycles. The molecule has 0 bridgehead atoms. The van der Waals surface area contributed by atoms with Crippen molar-refractivity contribution >= 4 is 23.2 Å². The van der Waals surface area contributed by atoms with Crippen LogP contribution in [0.15, 0.2) is 30.6 Å². The van der Waals surface area contributed by atoms with Crippen molar-refractivity contribution in [3.05, 3.63) is 46.2 Å². The van der Waals surface area contributed by atoms with Gasteiger partial charge in [-0.1, -0.05) is 23.2 Å². The van der Waals surface area contributed by atoms with E-state index in [2.05, 4.69) is 9.97 Å². The molecule has 0 amide bonds. The van der Waals surface area contributed by atoms with Gasteiger partial charge in [0.2, 0.25) is 0 Å². The van der Waals surface area contributed by atoms with Crippen LogP contribution in [-0.2, 0) is 6.54 Å². The Hall–Kier alpha value is -1.36. The van der Waals surface area contributed by atoms with E-state index in [4.69, 9.17) is 33.7 Å². The highest BCUT2D eigenvalue weighted by Crippen LogP contribution is 2.29. The Kier molecular flexibility index (Phi) is 3.78. The first-order chi connectivity index (χ1) is 8.19. The second-order valence-electron chi connectivity index (χ2n) is 3.25. The quantitative estimate of drug-likeness (QED) is 0.931. The van der Waals surface area contributed by atoms with Crippen LogP contribution in [0.1, 0.15) is 5.56 Å². The van der Waals surface area contributed by atoms with Crippen LogP contribution in [0.5, 0.6) is 11.8 Å². The molecule has 0 aliphatic rings. The lowest BCUT2D eigenvalue weighted by atomic mass is 10.3. The summed E-state index contributed by atoms with van der Waals surface area (Å²) < 4.78 is 5.41. The number of benzene rings is 1. The highest BCUT2D eigenvalue weighted by molar-refractivity contribution is 6.35. The van der Waals surface area contributed by atoms with E-state index in [1.165, 1.54) is 0 Å². The maximum absolute atomic E-state index is 5.95. The number of ether oxygens (including phenoxy) is 1. The van der Waals surface area contributed by atoms with Crippen LogP contribution in [-0.4, -0.2) is 9.97 Å². The largest absolute Gasteiger partial charge is 0.423 e. The summed E-state index contributed by atoms with van der Waals surface area (Å²) >= 11 is 11.7. The molecule has 4 nitrogen and oxygen atoms in total. The molecule has 17 heavy (non-hydrogen) atoms. The fourth-order valence-corrected chi connectivity index (χ4v) is 1.60. The van der Waals surface area contributed by atoms with Gasteiger partial charge < -0.3 is 10.5 Å². The SMILES string of the molecule is NCc1cnc(Oc2ccc(Cl)cc2Cl)nc1. The third-order valence-corrected chi connectivity index (χ3v) is 2.54. The molecule has 0 saturated carbocycles. The molecule has 0 atom stereocenters. The molecule has 0 unspecified atom stereocenters. The zero-order chi connectivity index (χ0) is 12.3. The van der Waals surface area contributed by atoms with Gasteiger partial charge in [0.05, 0.1) is 5.02 Å². The summed E-state index contributed by atoms with van der Waals surface area (Å²) in [6, 6.07) is 5.14. The van der Waals surface area contributed by atoms with Crippen molar-refractivity contribution in [3.63, 3.8) is 0 Å². The molecule has 1 aromatic heterocycles. The molecule has 2 N–H and O–H groups in total. The number of hydrogen-bond acceptors (Lipinski definition) is 4. The number of aromatic nitrogens is 2. The first-order valence-electron chi connectivity index (χ1n) is 4.83. The molecule has 0 spiro atoms. The summed E-state index contributed by atoms with van der Waals surface area (Å²) in [5.74, 6) is 0.455. The first-order valence-corrected chi connectivity index (χ1v) is 5.58. The van der Waals surface area contributed by atoms with Crippen LogP contribution in [0.25, 0.3) is 0 Å². The van der Waals surface area contributed by atoms with Gasteiger partial charge in [0.15, 0.2) is 0 Å². The summed E-state index contributed by atoms with van der Waals surface area (Å²) in [4.78, 5) is 8.01. The Bertz CT molecular complexity index is 517. The van der Waals surface area contributed by atoms with Crippen LogP contribution in [0.3, 0.4) is 0 Å². The lowest BCUT2D eigenvalue weighted by Crippen LogP contribution is -1.99. The second-order valence-corrected chi connectivity index (χ2v) is 4.10. The summed E-state index contributed by atoms with van der Waals surface area (Å²) in [5.41, 5.74) is 6.27. The minimum atomic E-state index is 0.214. The minimum Gasteiger partial charge on any atom is -0.423 e. The molecule has 2 aromatic rings. The van der Waals surface area contributed by atoms with Crippen molar-refractivity contribution in [2.45, 2.75) is 6.54 Å². The van der Waals surface area contributed by atoms with Gasteiger partial charge in [0.25, 0.3) is 0 Å². The van der Waals surface area contributed by atoms with E-state index >= 15 is 0 Å². The van der Waals surface area contributed by atoms with Gasteiger partial charge in [-0.05, 0) is 18.2 Å². The van der Waals surface area contributed by atoms with E-state index in [9.17, 15) is 0 Å². The van der Waals surface area contributed by atoms with Crippen LogP contribution in [0.2, 0.25) is 10.0 Å². The van der Waals surface area contributed by atoms with E-state index < -0.39 is 0 Å². The van der Waals surface area contributed by atoms with Crippen molar-refractivity contribution in [1.29, 1.82) is 0 Å². The Labute approximate surface area is 108 Å². The van der Waals surface area contributed by atoms with Gasteiger partial charge in [-0.2, -0.15) is 0 Å². The van der Waals surface area contributed by atoms with Gasteiger partial charge in [0, 0.05) is 29.5 Å². The lowest BCUT2D eigenvalue weighted by molar-refractivity contribution is 0.441. The van der Waals surface area contributed by atoms with Crippen LogP contribution in [0, 0.1) is 0 Å². The van der Waals surface area contributed by atoms with Gasteiger partial charge in [-0.3, -0.25) is 0 Å². The van der Waals surface area contributed by atoms with Crippen LogP contribution in [0.4, 0.5) is 0 Å². The summed E-state index contributed by atoms with van der Waals surface area (Å²) in [7, 11) is 0. The highest BCUT2D eigenvalue weighted by Gasteiger charge is 2.05. The Morgan fingerprint density at radius 1 is 1.18 bits per heavy atom. The summed E-state index contributed by atoms with van der Waals surface area (Å²) in [5, 5.41) is 0.950. The molecule has 0 aliphatic heterocycles. The van der Waals surface area contributed by atoms with E-state index in [1.807, 2.05) is 0 Å². The summed E-state index contributed by atoms with van der Waals surface area (Å²) in [6.45, 7) is 0.391. The normalized spacial score (nSPS) is 10.3. The second kappa shape index (κ2) is 5.31. The molecule has 2 rings (SSSR count). The number of rotatable bonds is 3. The van der Waals surface area contributed by atoms with Crippen LogP contribution >= 0.6 is 23.2 Å². The lowest BCUT2D eigenvalue weighted by Gasteiger charge is -2.05. The molecule has 0 radical (unpaired) electrons. The predicted octanol–water partition coefficient (Wildman–Crippen LogP) is 3.03. The van der Waals surface area contributed by atoms with Gasteiger partial charge in [-0.25, -0.2) is 9.97 Å².